The third kappa shape index (κ3) is 5.63. The van der Waals surface area contributed by atoms with Gasteiger partial charge in [0.25, 0.3) is 0 Å². The minimum absolute atomic E-state index is 0.159. The molecule has 3 nitrogen and oxygen atoms in total. The summed E-state index contributed by atoms with van der Waals surface area (Å²) < 4.78 is 5.53. The van der Waals surface area contributed by atoms with Crippen molar-refractivity contribution in [2.24, 2.45) is 0 Å². The fourth-order valence-corrected chi connectivity index (χ4v) is 2.32. The first-order valence-corrected chi connectivity index (χ1v) is 6.87. The van der Waals surface area contributed by atoms with Gasteiger partial charge < -0.3 is 15.2 Å². The summed E-state index contributed by atoms with van der Waals surface area (Å²) in [6.45, 7) is 2.18. The highest BCUT2D eigenvalue weighted by molar-refractivity contribution is 6.40. The molecule has 0 atom stereocenters. The highest BCUT2D eigenvalue weighted by atomic mass is 35.5. The van der Waals surface area contributed by atoms with E-state index < -0.39 is 0 Å². The molecule has 0 saturated carbocycles. The van der Waals surface area contributed by atoms with Gasteiger partial charge in [-0.25, -0.2) is 0 Å². The molecule has 0 saturated heterocycles. The van der Waals surface area contributed by atoms with E-state index in [0.717, 1.165) is 19.4 Å². The molecule has 0 unspecified atom stereocenters. The molecule has 0 radical (unpaired) electrons. The van der Waals surface area contributed by atoms with Gasteiger partial charge >= 0.3 is 0 Å². The van der Waals surface area contributed by atoms with Crippen molar-refractivity contribution in [3.05, 3.63) is 27.2 Å². The molecule has 0 spiro atoms. The summed E-state index contributed by atoms with van der Waals surface area (Å²) in [7, 11) is 0. The number of unbranched alkanes of at least 4 members (excludes halogenated alkanes) is 1. The normalized spacial score (nSPS) is 10.7. The lowest BCUT2D eigenvalue weighted by Gasteiger charge is -2.10. The van der Waals surface area contributed by atoms with Crippen LogP contribution in [-0.4, -0.2) is 31.4 Å². The van der Waals surface area contributed by atoms with Crippen LogP contribution in [0, 0.1) is 0 Å². The Kier molecular flexibility index (Phi) is 7.79. The fraction of sp³-hybridized carbons (Fsp3) is 0.500. The third-order valence-electron chi connectivity index (χ3n) is 2.25. The van der Waals surface area contributed by atoms with E-state index in [1.165, 1.54) is 0 Å². The molecule has 0 fully saturated rings. The molecule has 1 rings (SSSR count). The largest absolute Gasteiger partial charge is 0.490 e. The molecule has 2 N–H and O–H groups in total. The summed E-state index contributed by atoms with van der Waals surface area (Å²) in [6, 6.07) is 3.21. The number of halogens is 3. The van der Waals surface area contributed by atoms with Crippen LogP contribution in [0.4, 0.5) is 0 Å². The lowest BCUT2D eigenvalue weighted by atomic mass is 10.3. The van der Waals surface area contributed by atoms with E-state index >= 15 is 0 Å². The number of aliphatic hydroxyl groups excluding tert-OH is 1. The molecule has 18 heavy (non-hydrogen) atoms. The van der Waals surface area contributed by atoms with Crippen molar-refractivity contribution in [3.63, 3.8) is 0 Å². The van der Waals surface area contributed by atoms with E-state index in [-0.39, 0.29) is 6.61 Å². The Morgan fingerprint density at radius 2 is 1.72 bits per heavy atom. The van der Waals surface area contributed by atoms with Crippen molar-refractivity contribution >= 4 is 34.8 Å². The van der Waals surface area contributed by atoms with Gasteiger partial charge in [0.15, 0.2) is 5.75 Å². The number of rotatable bonds is 8. The van der Waals surface area contributed by atoms with Gasteiger partial charge in [0.1, 0.15) is 0 Å². The molecule has 6 heteroatoms. The lowest BCUT2D eigenvalue weighted by Crippen LogP contribution is -2.19. The molecule has 0 amide bonds. The number of nitrogens with one attached hydrogen (secondary N) is 1. The van der Waals surface area contributed by atoms with Gasteiger partial charge in [-0.3, -0.25) is 0 Å². The molecule has 0 aromatic heterocycles. The van der Waals surface area contributed by atoms with E-state index in [9.17, 15) is 0 Å². The van der Waals surface area contributed by atoms with Gasteiger partial charge in [-0.2, -0.15) is 0 Å². The molecule has 0 bridgehead atoms. The zero-order valence-electron chi connectivity index (χ0n) is 9.89. The maximum Gasteiger partial charge on any atom is 0.156 e. The number of hydrogen-bond donors (Lipinski definition) is 2. The van der Waals surface area contributed by atoms with Gasteiger partial charge in [-0.05, 0) is 31.5 Å². The zero-order valence-corrected chi connectivity index (χ0v) is 12.2. The highest BCUT2D eigenvalue weighted by Crippen LogP contribution is 2.35. The van der Waals surface area contributed by atoms with Crippen LogP contribution in [0.3, 0.4) is 0 Å². The molecule has 0 heterocycles. The predicted molar refractivity (Wildman–Crippen MR) is 76.2 cm³/mol. The number of aliphatic hydroxyl groups is 1. The Morgan fingerprint density at radius 1 is 1.06 bits per heavy atom. The van der Waals surface area contributed by atoms with Crippen LogP contribution in [0.15, 0.2) is 12.1 Å². The van der Waals surface area contributed by atoms with Crippen molar-refractivity contribution in [2.45, 2.75) is 12.8 Å². The van der Waals surface area contributed by atoms with Crippen molar-refractivity contribution in [2.75, 3.05) is 26.3 Å². The van der Waals surface area contributed by atoms with Crippen LogP contribution in [0.25, 0.3) is 0 Å². The van der Waals surface area contributed by atoms with Gasteiger partial charge in [-0.15, -0.1) is 0 Å². The predicted octanol–water partition coefficient (Wildman–Crippen LogP) is 3.39. The quantitative estimate of drug-likeness (QED) is 0.723. The molecule has 0 aliphatic carbocycles. The number of hydrogen-bond acceptors (Lipinski definition) is 3. The number of benzene rings is 1. The van der Waals surface area contributed by atoms with Gasteiger partial charge in [0.05, 0.1) is 23.3 Å². The van der Waals surface area contributed by atoms with E-state index in [4.69, 9.17) is 44.6 Å². The van der Waals surface area contributed by atoms with Crippen molar-refractivity contribution in [1.29, 1.82) is 0 Å². The summed E-state index contributed by atoms with van der Waals surface area (Å²) >= 11 is 17.8. The molecule has 1 aromatic rings. The van der Waals surface area contributed by atoms with Crippen LogP contribution in [-0.2, 0) is 0 Å². The Hall–Kier alpha value is -0.190. The smallest absolute Gasteiger partial charge is 0.156 e. The fourth-order valence-electron chi connectivity index (χ4n) is 1.40. The van der Waals surface area contributed by atoms with E-state index in [0.29, 0.717) is 34.0 Å². The summed E-state index contributed by atoms with van der Waals surface area (Å²) in [5, 5.41) is 13.0. The minimum Gasteiger partial charge on any atom is -0.490 e. The molecular weight excluding hydrogens is 296 g/mol. The van der Waals surface area contributed by atoms with Crippen molar-refractivity contribution < 1.29 is 9.84 Å². The minimum atomic E-state index is 0.159. The van der Waals surface area contributed by atoms with Crippen LogP contribution >= 0.6 is 34.8 Å². The molecular formula is C12H16Cl3NO2. The maximum absolute atomic E-state index is 8.57. The highest BCUT2D eigenvalue weighted by Gasteiger charge is 2.08. The second kappa shape index (κ2) is 8.83. The van der Waals surface area contributed by atoms with Crippen LogP contribution in [0.2, 0.25) is 15.1 Å². The van der Waals surface area contributed by atoms with E-state index in [2.05, 4.69) is 5.32 Å². The average molecular weight is 313 g/mol. The Balaban J connectivity index is 2.27. The summed E-state index contributed by atoms with van der Waals surface area (Å²) in [5.74, 6) is 0.478. The van der Waals surface area contributed by atoms with Crippen molar-refractivity contribution in [3.8, 4) is 5.75 Å². The topological polar surface area (TPSA) is 41.5 Å². The summed E-state index contributed by atoms with van der Waals surface area (Å²) in [4.78, 5) is 0. The molecule has 102 valence electrons. The van der Waals surface area contributed by atoms with Crippen LogP contribution in [0.5, 0.6) is 5.75 Å². The van der Waals surface area contributed by atoms with Crippen molar-refractivity contribution in [1.82, 2.24) is 5.32 Å². The molecule has 0 aliphatic heterocycles. The number of ether oxygens (including phenoxy) is 1. The third-order valence-corrected chi connectivity index (χ3v) is 3.03. The summed E-state index contributed by atoms with van der Waals surface area (Å²) in [6.07, 6.45) is 1.84. The van der Waals surface area contributed by atoms with Crippen LogP contribution < -0.4 is 10.1 Å². The first-order valence-electron chi connectivity index (χ1n) is 5.74. The van der Waals surface area contributed by atoms with E-state index in [1.54, 1.807) is 12.1 Å². The standard InChI is InChI=1S/C12H16Cl3NO2/c13-9-7-10(14)12(11(15)8-9)18-6-2-1-3-16-4-5-17/h7-8,16-17H,1-6H2. The van der Waals surface area contributed by atoms with Gasteiger partial charge in [-0.1, -0.05) is 34.8 Å². The molecule has 1 aromatic carbocycles. The van der Waals surface area contributed by atoms with Crippen LogP contribution in [0.1, 0.15) is 12.8 Å². The van der Waals surface area contributed by atoms with Gasteiger partial charge in [0, 0.05) is 11.6 Å². The zero-order chi connectivity index (χ0) is 13.4. The Morgan fingerprint density at radius 3 is 2.33 bits per heavy atom. The molecule has 0 aliphatic rings. The first kappa shape index (κ1) is 15.9. The first-order chi connectivity index (χ1) is 8.65. The average Bonchev–Trinajstić information content (AvgIpc) is 2.30. The lowest BCUT2D eigenvalue weighted by molar-refractivity contribution is 0.286. The SMILES string of the molecule is OCCNCCCCOc1c(Cl)cc(Cl)cc1Cl. The van der Waals surface area contributed by atoms with E-state index in [1.807, 2.05) is 0 Å². The monoisotopic (exact) mass is 311 g/mol. The van der Waals surface area contributed by atoms with Gasteiger partial charge in [0.2, 0.25) is 0 Å². The maximum atomic E-state index is 8.57. The second-order valence-corrected chi connectivity index (χ2v) is 4.98. The Labute approximate surface area is 122 Å². The summed E-state index contributed by atoms with van der Waals surface area (Å²) in [5.41, 5.74) is 0. The second-order valence-electron chi connectivity index (χ2n) is 3.73. The Bertz CT molecular complexity index is 351.